The molecule has 2 aromatic heterocycles. The first-order chi connectivity index (χ1) is 13.1. The molecule has 0 radical (unpaired) electrons. The average Bonchev–Trinajstić information content (AvgIpc) is 2.69. The van der Waals surface area contributed by atoms with Crippen LogP contribution in [-0.2, 0) is 6.54 Å². The normalized spacial score (nSPS) is 10.8. The van der Waals surface area contributed by atoms with Gasteiger partial charge in [0.1, 0.15) is 5.56 Å². The Kier molecular flexibility index (Phi) is 5.22. The van der Waals surface area contributed by atoms with Gasteiger partial charge in [0.15, 0.2) is 0 Å². The Labute approximate surface area is 152 Å². The highest BCUT2D eigenvalue weighted by atomic mass is 16.3. The number of hydrogen-bond acceptors (Lipinski definition) is 6. The van der Waals surface area contributed by atoms with Crippen molar-refractivity contribution in [1.29, 1.82) is 0 Å². The molecule has 3 aromatic rings. The topological polar surface area (TPSA) is 129 Å². The summed E-state index contributed by atoms with van der Waals surface area (Å²) in [4.78, 5) is 41.8. The Morgan fingerprint density at radius 2 is 1.89 bits per heavy atom. The van der Waals surface area contributed by atoms with Crippen LogP contribution in [0.25, 0.3) is 0 Å². The fraction of sp³-hybridized carbons (Fsp3) is 0.0556. The number of amides is 1. The van der Waals surface area contributed by atoms with Gasteiger partial charge in [0.25, 0.3) is 11.5 Å². The molecule has 3 rings (SSSR count). The third-order valence-corrected chi connectivity index (χ3v) is 3.69. The zero-order valence-electron chi connectivity index (χ0n) is 14.0. The molecule has 0 fully saturated rings. The first-order valence-electron chi connectivity index (χ1n) is 7.89. The molecule has 0 aliphatic heterocycles. The standard InChI is InChI=1S/C18H15N5O4/c24-15(13-6-8-19-9-7-13)22-20-10-14-16(25)21-18(27)23(17(14)26)11-12-4-2-1-3-5-12/h1-10,26H,11H2,(H,22,24)(H,21,25,27). The van der Waals surface area contributed by atoms with Crippen molar-refractivity contribution < 1.29 is 9.90 Å². The number of aromatic hydroxyl groups is 1. The number of H-pyrrole nitrogens is 1. The van der Waals surface area contributed by atoms with Gasteiger partial charge in [0.05, 0.1) is 12.8 Å². The molecule has 0 atom stereocenters. The van der Waals surface area contributed by atoms with Crippen molar-refractivity contribution in [3.05, 3.63) is 92.4 Å². The number of carbonyl (C=O) groups is 1. The Bertz CT molecular complexity index is 1090. The zero-order chi connectivity index (χ0) is 19.2. The summed E-state index contributed by atoms with van der Waals surface area (Å²) in [5.41, 5.74) is 1.51. The molecule has 0 aliphatic carbocycles. The molecule has 0 saturated heterocycles. The molecule has 0 unspecified atom stereocenters. The number of nitrogens with one attached hydrogen (secondary N) is 2. The van der Waals surface area contributed by atoms with Gasteiger partial charge in [-0.15, -0.1) is 0 Å². The fourth-order valence-electron chi connectivity index (χ4n) is 2.33. The van der Waals surface area contributed by atoms with E-state index in [-0.39, 0.29) is 12.1 Å². The number of benzene rings is 1. The van der Waals surface area contributed by atoms with Crippen LogP contribution < -0.4 is 16.7 Å². The van der Waals surface area contributed by atoms with E-state index < -0.39 is 23.0 Å². The molecule has 9 heteroatoms. The first kappa shape index (κ1) is 17.8. The molecular weight excluding hydrogens is 350 g/mol. The van der Waals surface area contributed by atoms with Crippen molar-refractivity contribution in [2.45, 2.75) is 6.54 Å². The summed E-state index contributed by atoms with van der Waals surface area (Å²) >= 11 is 0. The summed E-state index contributed by atoms with van der Waals surface area (Å²) in [6.45, 7) is 0.0620. The second kappa shape index (κ2) is 7.91. The molecule has 9 nitrogen and oxygen atoms in total. The Morgan fingerprint density at radius 1 is 1.19 bits per heavy atom. The van der Waals surface area contributed by atoms with Crippen molar-refractivity contribution >= 4 is 12.1 Å². The number of aromatic nitrogens is 3. The van der Waals surface area contributed by atoms with E-state index in [9.17, 15) is 19.5 Å². The van der Waals surface area contributed by atoms with Crippen molar-refractivity contribution in [3.63, 3.8) is 0 Å². The van der Waals surface area contributed by atoms with E-state index in [1.807, 2.05) is 6.07 Å². The van der Waals surface area contributed by atoms with Gasteiger partial charge in [0.2, 0.25) is 5.88 Å². The highest BCUT2D eigenvalue weighted by molar-refractivity contribution is 5.94. The third kappa shape index (κ3) is 4.15. The van der Waals surface area contributed by atoms with E-state index in [0.29, 0.717) is 5.56 Å². The number of nitrogens with zero attached hydrogens (tertiary/aromatic N) is 3. The molecular formula is C18H15N5O4. The highest BCUT2D eigenvalue weighted by Crippen LogP contribution is 2.10. The maximum atomic E-state index is 12.0. The molecule has 0 spiro atoms. The van der Waals surface area contributed by atoms with Gasteiger partial charge in [-0.05, 0) is 17.7 Å². The second-order valence-corrected chi connectivity index (χ2v) is 5.50. The number of hydrogen-bond donors (Lipinski definition) is 3. The Balaban J connectivity index is 1.85. The van der Waals surface area contributed by atoms with Crippen LogP contribution in [-0.4, -0.2) is 31.8 Å². The smallest absolute Gasteiger partial charge is 0.331 e. The molecule has 27 heavy (non-hydrogen) atoms. The van der Waals surface area contributed by atoms with Gasteiger partial charge in [-0.2, -0.15) is 5.10 Å². The summed E-state index contributed by atoms with van der Waals surface area (Å²) < 4.78 is 1.00. The lowest BCUT2D eigenvalue weighted by atomic mass is 10.2. The van der Waals surface area contributed by atoms with Gasteiger partial charge >= 0.3 is 5.69 Å². The lowest BCUT2D eigenvalue weighted by molar-refractivity contribution is 0.0955. The van der Waals surface area contributed by atoms with E-state index in [1.54, 1.807) is 24.3 Å². The van der Waals surface area contributed by atoms with E-state index in [4.69, 9.17) is 0 Å². The van der Waals surface area contributed by atoms with Crippen LogP contribution in [0.15, 0.2) is 69.5 Å². The SMILES string of the molecule is O=C(NN=Cc1c(O)n(Cc2ccccc2)c(=O)[nH]c1=O)c1ccncc1. The average molecular weight is 365 g/mol. The van der Waals surface area contributed by atoms with E-state index in [1.165, 1.54) is 24.5 Å². The molecule has 1 aromatic carbocycles. The van der Waals surface area contributed by atoms with Crippen LogP contribution >= 0.6 is 0 Å². The molecule has 0 bridgehead atoms. The van der Waals surface area contributed by atoms with Crippen LogP contribution in [0.4, 0.5) is 0 Å². The van der Waals surface area contributed by atoms with Gasteiger partial charge in [-0.1, -0.05) is 30.3 Å². The molecule has 136 valence electrons. The lowest BCUT2D eigenvalue weighted by Crippen LogP contribution is -2.32. The van der Waals surface area contributed by atoms with Crippen molar-refractivity contribution in [1.82, 2.24) is 20.0 Å². The van der Waals surface area contributed by atoms with Gasteiger partial charge < -0.3 is 5.11 Å². The van der Waals surface area contributed by atoms with E-state index in [0.717, 1.165) is 16.3 Å². The largest absolute Gasteiger partial charge is 0.494 e. The van der Waals surface area contributed by atoms with E-state index >= 15 is 0 Å². The summed E-state index contributed by atoms with van der Waals surface area (Å²) in [6.07, 6.45) is 3.89. The minimum atomic E-state index is -0.816. The predicted molar refractivity (Wildman–Crippen MR) is 97.8 cm³/mol. The summed E-state index contributed by atoms with van der Waals surface area (Å²) in [6, 6.07) is 12.0. The molecule has 0 saturated carbocycles. The number of aromatic amines is 1. The molecule has 0 aliphatic rings. The van der Waals surface area contributed by atoms with Gasteiger partial charge in [-0.3, -0.25) is 24.1 Å². The Hall–Kier alpha value is -4.01. The number of carbonyl (C=O) groups excluding carboxylic acids is 1. The number of pyridine rings is 1. The maximum absolute atomic E-state index is 12.0. The van der Waals surface area contributed by atoms with E-state index in [2.05, 4.69) is 20.5 Å². The van der Waals surface area contributed by atoms with Crippen molar-refractivity contribution in [2.24, 2.45) is 5.10 Å². The maximum Gasteiger partial charge on any atom is 0.331 e. The van der Waals surface area contributed by atoms with Crippen LogP contribution in [0.3, 0.4) is 0 Å². The molecule has 3 N–H and O–H groups in total. The summed E-state index contributed by atoms with van der Waals surface area (Å²) in [5, 5.41) is 14.0. The second-order valence-electron chi connectivity index (χ2n) is 5.50. The quantitative estimate of drug-likeness (QED) is 0.446. The van der Waals surface area contributed by atoms with Crippen molar-refractivity contribution in [2.75, 3.05) is 0 Å². The van der Waals surface area contributed by atoms with Gasteiger partial charge in [0, 0.05) is 18.0 Å². The zero-order valence-corrected chi connectivity index (χ0v) is 14.0. The van der Waals surface area contributed by atoms with Crippen LogP contribution in [0.5, 0.6) is 5.88 Å². The fourth-order valence-corrected chi connectivity index (χ4v) is 2.33. The van der Waals surface area contributed by atoms with Gasteiger partial charge in [-0.25, -0.2) is 10.2 Å². The van der Waals surface area contributed by atoms with Crippen molar-refractivity contribution in [3.8, 4) is 5.88 Å². The Morgan fingerprint density at radius 3 is 2.59 bits per heavy atom. The summed E-state index contributed by atoms with van der Waals surface area (Å²) in [7, 11) is 0. The minimum absolute atomic E-state index is 0.0620. The predicted octanol–water partition coefficient (Wildman–Crippen LogP) is 0.449. The number of rotatable bonds is 5. The molecule has 2 heterocycles. The first-order valence-corrected chi connectivity index (χ1v) is 7.89. The highest BCUT2D eigenvalue weighted by Gasteiger charge is 2.13. The summed E-state index contributed by atoms with van der Waals surface area (Å²) in [5.74, 6) is -1.06. The van der Waals surface area contributed by atoms with Crippen LogP contribution in [0.2, 0.25) is 0 Å². The van der Waals surface area contributed by atoms with Crippen LogP contribution in [0, 0.1) is 0 Å². The minimum Gasteiger partial charge on any atom is -0.494 e. The monoisotopic (exact) mass is 365 g/mol. The molecule has 1 amide bonds. The van der Waals surface area contributed by atoms with Crippen LogP contribution in [0.1, 0.15) is 21.5 Å². The number of hydrazone groups is 1. The third-order valence-electron chi connectivity index (χ3n) is 3.69. The lowest BCUT2D eigenvalue weighted by Gasteiger charge is -2.09.